The van der Waals surface area contributed by atoms with Gasteiger partial charge in [-0.2, -0.15) is 0 Å². The summed E-state index contributed by atoms with van der Waals surface area (Å²) in [7, 11) is 5.46. The molecular weight excluding hydrogens is 544 g/mol. The fourth-order valence-corrected chi connectivity index (χ4v) is 4.38. The monoisotopic (exact) mass is 578 g/mol. The van der Waals surface area contributed by atoms with Crippen molar-refractivity contribution in [2.45, 2.75) is 37.9 Å². The summed E-state index contributed by atoms with van der Waals surface area (Å²) >= 11 is 0. The smallest absolute Gasteiger partial charge is 0.306 e. The Hall–Kier alpha value is -2.68. The highest BCUT2D eigenvalue weighted by atomic mass is 33.1. The van der Waals surface area contributed by atoms with Crippen molar-refractivity contribution >= 4 is 45.5 Å². The van der Waals surface area contributed by atoms with Crippen LogP contribution >= 0.6 is 21.6 Å². The molecule has 0 saturated carbocycles. The van der Waals surface area contributed by atoms with Crippen LogP contribution in [0.5, 0.6) is 11.5 Å². The van der Waals surface area contributed by atoms with Gasteiger partial charge >= 0.3 is 23.9 Å². The van der Waals surface area contributed by atoms with E-state index in [2.05, 4.69) is 9.47 Å². The van der Waals surface area contributed by atoms with Crippen molar-refractivity contribution in [3.8, 4) is 11.5 Å². The third-order valence-electron chi connectivity index (χ3n) is 4.41. The second kappa shape index (κ2) is 20.3. The number of carbonyl (C=O) groups is 4. The molecule has 0 aliphatic carbocycles. The summed E-state index contributed by atoms with van der Waals surface area (Å²) in [6.45, 7) is -0.804. The van der Waals surface area contributed by atoms with Crippen LogP contribution in [0.3, 0.4) is 0 Å². The molecule has 0 amide bonds. The van der Waals surface area contributed by atoms with E-state index < -0.39 is 30.1 Å². The Morgan fingerprint density at radius 3 is 1.61 bits per heavy atom. The van der Waals surface area contributed by atoms with Crippen molar-refractivity contribution < 1.29 is 57.8 Å². The molecule has 0 aromatic heterocycles. The van der Waals surface area contributed by atoms with Gasteiger partial charge in [0.05, 0.1) is 39.9 Å². The van der Waals surface area contributed by atoms with Crippen molar-refractivity contribution in [2.24, 2.45) is 0 Å². The molecule has 0 aliphatic heterocycles. The molecule has 2 N–H and O–H groups in total. The van der Waals surface area contributed by atoms with Gasteiger partial charge in [-0.05, 0) is 12.1 Å². The third-order valence-corrected chi connectivity index (χ3v) is 6.82. The molecule has 1 aromatic rings. The average molecular weight is 579 g/mol. The Balaban J connectivity index is 2.21. The maximum atomic E-state index is 11.8. The van der Waals surface area contributed by atoms with E-state index in [1.807, 2.05) is 0 Å². The van der Waals surface area contributed by atoms with Crippen molar-refractivity contribution in [1.29, 1.82) is 0 Å². The number of rotatable bonds is 20. The minimum absolute atomic E-state index is 0.106. The first kappa shape index (κ1) is 33.3. The van der Waals surface area contributed by atoms with Crippen molar-refractivity contribution in [3.05, 3.63) is 24.3 Å². The van der Waals surface area contributed by atoms with Gasteiger partial charge in [0, 0.05) is 17.6 Å². The largest absolute Gasteiger partial charge is 0.491 e. The van der Waals surface area contributed by atoms with Gasteiger partial charge in [0.1, 0.15) is 50.1 Å². The zero-order valence-corrected chi connectivity index (χ0v) is 23.0. The summed E-state index contributed by atoms with van der Waals surface area (Å²) in [6, 6.07) is 6.46. The van der Waals surface area contributed by atoms with Gasteiger partial charge < -0.3 is 38.6 Å². The molecule has 38 heavy (non-hydrogen) atoms. The first-order valence-electron chi connectivity index (χ1n) is 11.6. The molecule has 12 nitrogen and oxygen atoms in total. The Bertz CT molecular complexity index is 867. The molecular formula is C24H34O12S2. The second-order valence-electron chi connectivity index (χ2n) is 7.57. The highest BCUT2D eigenvalue weighted by Crippen LogP contribution is 2.23. The zero-order valence-electron chi connectivity index (χ0n) is 21.3. The highest BCUT2D eigenvalue weighted by molar-refractivity contribution is 8.76. The predicted molar refractivity (Wildman–Crippen MR) is 139 cm³/mol. The zero-order chi connectivity index (χ0) is 28.2. The van der Waals surface area contributed by atoms with E-state index in [0.717, 1.165) is 0 Å². The number of ether oxygens (including phenoxy) is 6. The number of hydrogen-bond donors (Lipinski definition) is 2. The molecule has 0 spiro atoms. The summed E-state index contributed by atoms with van der Waals surface area (Å²) in [5.74, 6) is -0.0405. The van der Waals surface area contributed by atoms with E-state index in [9.17, 15) is 29.4 Å². The summed E-state index contributed by atoms with van der Waals surface area (Å²) in [5, 5.41) is 20.0. The number of methoxy groups -OCH3 is 2. The molecule has 1 rings (SSSR count). The number of benzene rings is 1. The minimum atomic E-state index is -1.09. The predicted octanol–water partition coefficient (Wildman–Crippen LogP) is 1.54. The highest BCUT2D eigenvalue weighted by Gasteiger charge is 2.13. The Morgan fingerprint density at radius 2 is 1.11 bits per heavy atom. The van der Waals surface area contributed by atoms with Crippen LogP contribution in [0.15, 0.2) is 24.3 Å². The number of hydrogen-bond acceptors (Lipinski definition) is 14. The minimum Gasteiger partial charge on any atom is -0.491 e. The van der Waals surface area contributed by atoms with Crippen LogP contribution in [0.4, 0.5) is 0 Å². The standard InChI is InChI=1S/C24H34O12S2/c1-31-21(27)6-7-23(29)35-15-17(25)13-33-19-4-3-5-20(12-19)34-14-18(26)16-36-24(30)9-11-38-37-10-8-22(28)32-2/h3-5,12,17-18,25-26H,6-11,13-16H2,1-2H3. The van der Waals surface area contributed by atoms with Gasteiger partial charge in [0.25, 0.3) is 0 Å². The van der Waals surface area contributed by atoms with Crippen LogP contribution in [-0.2, 0) is 38.1 Å². The van der Waals surface area contributed by atoms with Crippen molar-refractivity contribution in [3.63, 3.8) is 0 Å². The maximum absolute atomic E-state index is 11.8. The van der Waals surface area contributed by atoms with E-state index in [4.69, 9.17) is 18.9 Å². The van der Waals surface area contributed by atoms with Crippen molar-refractivity contribution in [1.82, 2.24) is 0 Å². The van der Waals surface area contributed by atoms with Crippen LogP contribution in [0.1, 0.15) is 25.7 Å². The average Bonchev–Trinajstić information content (AvgIpc) is 2.93. The SMILES string of the molecule is COC(=O)CCSSCCC(=O)OCC(O)COc1cccc(OCC(O)COC(=O)CCC(=O)OC)c1. The summed E-state index contributed by atoms with van der Waals surface area (Å²) < 4.78 is 29.9. The summed E-state index contributed by atoms with van der Waals surface area (Å²) in [6.07, 6.45) is -1.91. The second-order valence-corrected chi connectivity index (χ2v) is 10.3. The molecule has 0 radical (unpaired) electrons. The number of carbonyl (C=O) groups excluding carboxylic acids is 4. The molecule has 0 saturated heterocycles. The van der Waals surface area contributed by atoms with E-state index >= 15 is 0 Å². The Labute approximate surface area is 229 Å². The van der Waals surface area contributed by atoms with E-state index in [-0.39, 0.29) is 51.7 Å². The van der Waals surface area contributed by atoms with Crippen LogP contribution < -0.4 is 9.47 Å². The number of esters is 4. The molecule has 2 atom stereocenters. The Morgan fingerprint density at radius 1 is 0.684 bits per heavy atom. The molecule has 0 aliphatic rings. The molecule has 2 unspecified atom stereocenters. The van der Waals surface area contributed by atoms with E-state index in [1.54, 1.807) is 24.3 Å². The van der Waals surface area contributed by atoms with Gasteiger partial charge in [-0.3, -0.25) is 19.2 Å². The number of aliphatic hydroxyl groups excluding tert-OH is 2. The first-order chi connectivity index (χ1) is 18.2. The molecule has 1 aromatic carbocycles. The van der Waals surface area contributed by atoms with Gasteiger partial charge in [-0.15, -0.1) is 0 Å². The normalized spacial score (nSPS) is 12.1. The first-order valence-corrected chi connectivity index (χ1v) is 14.1. The van der Waals surface area contributed by atoms with Crippen LogP contribution in [0, 0.1) is 0 Å². The third kappa shape index (κ3) is 16.9. The van der Waals surface area contributed by atoms with E-state index in [1.165, 1.54) is 35.8 Å². The lowest BCUT2D eigenvalue weighted by molar-refractivity contribution is -0.151. The summed E-state index contributed by atoms with van der Waals surface area (Å²) in [5.41, 5.74) is 0. The van der Waals surface area contributed by atoms with Crippen LogP contribution in [-0.4, -0.2) is 98.5 Å². The number of aliphatic hydroxyl groups is 2. The summed E-state index contributed by atoms with van der Waals surface area (Å²) in [4.78, 5) is 45.3. The van der Waals surface area contributed by atoms with E-state index in [0.29, 0.717) is 29.4 Å². The topological polar surface area (TPSA) is 164 Å². The lowest BCUT2D eigenvalue weighted by atomic mass is 10.3. The fourth-order valence-electron chi connectivity index (χ4n) is 2.43. The molecule has 0 heterocycles. The Kier molecular flexibility index (Phi) is 17.8. The van der Waals surface area contributed by atoms with Gasteiger partial charge in [-0.1, -0.05) is 27.7 Å². The molecule has 0 fully saturated rings. The van der Waals surface area contributed by atoms with Gasteiger partial charge in [-0.25, -0.2) is 0 Å². The maximum Gasteiger partial charge on any atom is 0.306 e. The quantitative estimate of drug-likeness (QED) is 0.0990. The lowest BCUT2D eigenvalue weighted by Crippen LogP contribution is -2.26. The lowest BCUT2D eigenvalue weighted by Gasteiger charge is -2.15. The van der Waals surface area contributed by atoms with Crippen LogP contribution in [0.2, 0.25) is 0 Å². The van der Waals surface area contributed by atoms with Crippen molar-refractivity contribution in [2.75, 3.05) is 52.2 Å². The molecule has 14 heteroatoms. The molecule has 0 bridgehead atoms. The fraction of sp³-hybridized carbons (Fsp3) is 0.583. The van der Waals surface area contributed by atoms with Crippen LogP contribution in [0.25, 0.3) is 0 Å². The van der Waals surface area contributed by atoms with Gasteiger partial charge in [0.15, 0.2) is 0 Å². The molecule has 214 valence electrons. The van der Waals surface area contributed by atoms with Gasteiger partial charge in [0.2, 0.25) is 0 Å².